The van der Waals surface area contributed by atoms with E-state index in [4.69, 9.17) is 16.1 Å². The fourth-order valence-electron chi connectivity index (χ4n) is 1.98. The van der Waals surface area contributed by atoms with Gasteiger partial charge in [0, 0.05) is 31.9 Å². The highest BCUT2D eigenvalue weighted by molar-refractivity contribution is 9.10. The van der Waals surface area contributed by atoms with Gasteiger partial charge in [-0.3, -0.25) is 9.55 Å². The number of nitrogens with one attached hydrogen (secondary N) is 1. The van der Waals surface area contributed by atoms with Gasteiger partial charge >= 0.3 is 0 Å². The third-order valence-corrected chi connectivity index (χ3v) is 4.26. The maximum atomic E-state index is 12.2. The first kappa shape index (κ1) is 17.1. The number of benzene rings is 1. The van der Waals surface area contributed by atoms with Crippen molar-refractivity contribution in [2.45, 2.75) is 0 Å². The average Bonchev–Trinajstić information content (AvgIpc) is 2.52. The Kier molecular flexibility index (Phi) is 4.71. The molecule has 7 nitrogen and oxygen atoms in total. The van der Waals surface area contributed by atoms with Gasteiger partial charge in [-0.2, -0.15) is 4.98 Å². The third-order valence-electron chi connectivity index (χ3n) is 2.87. The van der Waals surface area contributed by atoms with E-state index in [0.29, 0.717) is 32.8 Å². The summed E-state index contributed by atoms with van der Waals surface area (Å²) in [5.74, 6) is 0.792. The molecule has 0 radical (unpaired) electrons. The van der Waals surface area contributed by atoms with E-state index in [9.17, 15) is 4.57 Å². The van der Waals surface area contributed by atoms with Gasteiger partial charge in [-0.1, -0.05) is 0 Å². The fraction of sp³-hybridized carbons (Fsp3) is 0.143. The molecule has 0 fully saturated rings. The Balaban J connectivity index is 2.14. The molecule has 0 unspecified atom stereocenters. The molecule has 0 amide bonds. The zero-order valence-corrected chi connectivity index (χ0v) is 15.9. The number of hydrogen-bond donors (Lipinski definition) is 1. The van der Waals surface area contributed by atoms with Crippen molar-refractivity contribution in [2.75, 3.05) is 18.6 Å². The van der Waals surface area contributed by atoms with E-state index < -0.39 is 7.37 Å². The molecule has 0 saturated carbocycles. The summed E-state index contributed by atoms with van der Waals surface area (Å²) in [4.78, 5) is 16.5. The summed E-state index contributed by atoms with van der Waals surface area (Å²) in [7, 11) is -2.82. The van der Waals surface area contributed by atoms with Gasteiger partial charge in [0.1, 0.15) is 11.3 Å². The summed E-state index contributed by atoms with van der Waals surface area (Å²) in [5, 5.41) is 3.20. The van der Waals surface area contributed by atoms with E-state index in [1.165, 1.54) is 19.5 Å². The second-order valence-corrected chi connectivity index (χ2v) is 9.05. The quantitative estimate of drug-likeness (QED) is 0.483. The molecule has 0 spiro atoms. The topological polar surface area (TPSA) is 89.9 Å². The highest BCUT2D eigenvalue weighted by Crippen LogP contribution is 2.45. The van der Waals surface area contributed by atoms with Crippen LogP contribution in [0.3, 0.4) is 0 Å². The van der Waals surface area contributed by atoms with E-state index >= 15 is 0 Å². The predicted molar refractivity (Wildman–Crippen MR) is 97.6 cm³/mol. The molecule has 3 aromatic rings. The Bertz CT molecular complexity index is 965. The van der Waals surface area contributed by atoms with E-state index in [1.807, 2.05) is 0 Å². The van der Waals surface area contributed by atoms with Crippen molar-refractivity contribution in [1.82, 2.24) is 19.9 Å². The molecule has 10 heteroatoms. The molecule has 0 saturated heterocycles. The van der Waals surface area contributed by atoms with Gasteiger partial charge in [-0.15, -0.1) is 0 Å². The standard InChI is InChI=1S/C14H12BrClN5O2P/c1-24(2,22)23-12-10(4-3-9-11(12)18-6-5-17-9)20-13-8(15)7-19-14(16)21-13/h3-7H,1-2H3,(H,19,20,21). The molecule has 0 bridgehead atoms. The number of aromatic nitrogens is 4. The third kappa shape index (κ3) is 3.83. The minimum Gasteiger partial charge on any atom is -0.439 e. The summed E-state index contributed by atoms with van der Waals surface area (Å²) in [6.07, 6.45) is 4.66. The molecular formula is C14H12BrClN5O2P. The number of rotatable bonds is 4. The summed E-state index contributed by atoms with van der Waals surface area (Å²) in [5.41, 5.74) is 1.68. The van der Waals surface area contributed by atoms with E-state index in [-0.39, 0.29) is 5.28 Å². The van der Waals surface area contributed by atoms with Crippen molar-refractivity contribution in [3.05, 3.63) is 40.5 Å². The second kappa shape index (κ2) is 6.63. The van der Waals surface area contributed by atoms with Gasteiger partial charge < -0.3 is 9.84 Å². The van der Waals surface area contributed by atoms with E-state index in [2.05, 4.69) is 41.2 Å². The van der Waals surface area contributed by atoms with E-state index in [1.54, 1.807) is 24.5 Å². The van der Waals surface area contributed by atoms with Gasteiger partial charge in [0.05, 0.1) is 15.7 Å². The predicted octanol–water partition coefficient (Wildman–Crippen LogP) is 4.50. The van der Waals surface area contributed by atoms with Crippen molar-refractivity contribution in [2.24, 2.45) is 0 Å². The first-order chi connectivity index (χ1) is 11.3. The van der Waals surface area contributed by atoms with Gasteiger partial charge in [0.15, 0.2) is 5.75 Å². The fourth-order valence-corrected chi connectivity index (χ4v) is 3.03. The number of hydrogen-bond acceptors (Lipinski definition) is 7. The SMILES string of the molecule is CP(C)(=O)Oc1c(Nc2nc(Cl)ncc2Br)ccc2nccnc12. The van der Waals surface area contributed by atoms with E-state index in [0.717, 1.165) is 0 Å². The lowest BCUT2D eigenvalue weighted by Gasteiger charge is -2.17. The highest BCUT2D eigenvalue weighted by atomic mass is 79.9. The Morgan fingerprint density at radius 1 is 1.21 bits per heavy atom. The maximum Gasteiger partial charge on any atom is 0.242 e. The van der Waals surface area contributed by atoms with Crippen LogP contribution in [-0.2, 0) is 4.57 Å². The lowest BCUT2D eigenvalue weighted by molar-refractivity contribution is 0.497. The van der Waals surface area contributed by atoms with Gasteiger partial charge in [0.2, 0.25) is 12.7 Å². The number of anilines is 2. The van der Waals surface area contributed by atoms with Crippen LogP contribution in [0.5, 0.6) is 5.75 Å². The Labute approximate surface area is 151 Å². The molecule has 0 atom stereocenters. The van der Waals surface area contributed by atoms with Crippen LogP contribution in [0.4, 0.5) is 11.5 Å². The van der Waals surface area contributed by atoms with Crippen molar-refractivity contribution in [1.29, 1.82) is 0 Å². The molecule has 2 heterocycles. The number of fused-ring (bicyclic) bond motifs is 1. The molecule has 3 rings (SSSR count). The molecule has 1 N–H and O–H groups in total. The molecule has 0 aliphatic heterocycles. The van der Waals surface area contributed by atoms with Crippen LogP contribution in [0.2, 0.25) is 5.28 Å². The van der Waals surface area contributed by atoms with Crippen LogP contribution in [0, 0.1) is 0 Å². The molecular weight excluding hydrogens is 417 g/mol. The normalized spacial score (nSPS) is 11.5. The Morgan fingerprint density at radius 3 is 2.71 bits per heavy atom. The summed E-state index contributed by atoms with van der Waals surface area (Å²) >= 11 is 9.20. The first-order valence-electron chi connectivity index (χ1n) is 6.77. The molecule has 0 aliphatic carbocycles. The lowest BCUT2D eigenvalue weighted by atomic mass is 10.2. The van der Waals surface area contributed by atoms with Gasteiger partial charge in [-0.05, 0) is 39.7 Å². The minimum atomic E-state index is -2.82. The Hall–Kier alpha value is -1.76. The van der Waals surface area contributed by atoms with Gasteiger partial charge in [0.25, 0.3) is 0 Å². The van der Waals surface area contributed by atoms with Crippen LogP contribution in [-0.4, -0.2) is 33.3 Å². The molecule has 24 heavy (non-hydrogen) atoms. The van der Waals surface area contributed by atoms with Crippen LogP contribution in [0.1, 0.15) is 0 Å². The maximum absolute atomic E-state index is 12.2. The van der Waals surface area contributed by atoms with Crippen molar-refractivity contribution in [3.63, 3.8) is 0 Å². The molecule has 2 aromatic heterocycles. The van der Waals surface area contributed by atoms with Crippen LogP contribution in [0.25, 0.3) is 11.0 Å². The van der Waals surface area contributed by atoms with Crippen LogP contribution < -0.4 is 9.84 Å². The summed E-state index contributed by atoms with van der Waals surface area (Å²) in [6.45, 7) is 3.06. The highest BCUT2D eigenvalue weighted by Gasteiger charge is 2.18. The molecule has 0 aliphatic rings. The Morgan fingerprint density at radius 2 is 1.96 bits per heavy atom. The van der Waals surface area contributed by atoms with Crippen molar-refractivity contribution >= 4 is 57.4 Å². The van der Waals surface area contributed by atoms with Crippen molar-refractivity contribution in [3.8, 4) is 5.75 Å². The monoisotopic (exact) mass is 427 g/mol. The van der Waals surface area contributed by atoms with Crippen LogP contribution >= 0.6 is 34.9 Å². The summed E-state index contributed by atoms with van der Waals surface area (Å²) < 4.78 is 18.5. The number of halogens is 2. The zero-order valence-electron chi connectivity index (χ0n) is 12.7. The van der Waals surface area contributed by atoms with Gasteiger partial charge in [-0.25, -0.2) is 9.97 Å². The second-order valence-electron chi connectivity index (χ2n) is 5.17. The first-order valence-corrected chi connectivity index (χ1v) is 10.5. The van der Waals surface area contributed by atoms with Crippen LogP contribution in [0.15, 0.2) is 35.2 Å². The zero-order chi connectivity index (χ0) is 17.3. The minimum absolute atomic E-state index is 0.0976. The largest absolute Gasteiger partial charge is 0.439 e. The molecule has 1 aromatic carbocycles. The average molecular weight is 429 g/mol. The smallest absolute Gasteiger partial charge is 0.242 e. The molecule has 124 valence electrons. The summed E-state index contributed by atoms with van der Waals surface area (Å²) in [6, 6.07) is 3.54. The number of nitrogens with zero attached hydrogens (tertiary/aromatic N) is 4. The lowest BCUT2D eigenvalue weighted by Crippen LogP contribution is -2.01. The van der Waals surface area contributed by atoms with Crippen molar-refractivity contribution < 1.29 is 9.09 Å².